The van der Waals surface area contributed by atoms with E-state index in [0.29, 0.717) is 11.3 Å². The van der Waals surface area contributed by atoms with Crippen LogP contribution >= 0.6 is 0 Å². The van der Waals surface area contributed by atoms with Crippen molar-refractivity contribution in [3.05, 3.63) is 65.5 Å². The average molecular weight is 419 g/mol. The van der Waals surface area contributed by atoms with Gasteiger partial charge in [-0.3, -0.25) is 9.52 Å². The van der Waals surface area contributed by atoms with Gasteiger partial charge in [0.25, 0.3) is 0 Å². The van der Waals surface area contributed by atoms with E-state index in [1.807, 2.05) is 12.1 Å². The van der Waals surface area contributed by atoms with E-state index in [0.717, 1.165) is 37.7 Å². The van der Waals surface area contributed by atoms with Gasteiger partial charge >= 0.3 is 0 Å². The van der Waals surface area contributed by atoms with Gasteiger partial charge in [-0.15, -0.1) is 0 Å². The maximum atomic E-state index is 13.9. The summed E-state index contributed by atoms with van der Waals surface area (Å²) in [5.41, 5.74) is 1.12. The maximum Gasteiger partial charge on any atom is 0.232 e. The predicted octanol–water partition coefficient (Wildman–Crippen LogP) is 4.11. The number of rotatable bonds is 7. The van der Waals surface area contributed by atoms with Gasteiger partial charge in [-0.05, 0) is 43.5 Å². The normalized spacial score (nSPS) is 16.2. The molecule has 7 heteroatoms. The summed E-state index contributed by atoms with van der Waals surface area (Å²) in [6.07, 6.45) is 4.40. The standard InChI is InChI=1S/C22H27FN2O3S/c1-2-29(27,28)25-19-12-10-18(11-13-19)22(14-6-3-7-15-22)21(26)24-16-17-8-4-5-9-20(17)23/h4-5,8-13,25H,2-3,6-7,14-16H2,1H3,(H,24,26). The third-order valence-corrected chi connectivity index (χ3v) is 6.94. The van der Waals surface area contributed by atoms with E-state index in [4.69, 9.17) is 0 Å². The number of carbonyl (C=O) groups is 1. The second-order valence-corrected chi connectivity index (χ2v) is 9.51. The average Bonchev–Trinajstić information content (AvgIpc) is 2.73. The fourth-order valence-electron chi connectivity index (χ4n) is 3.90. The summed E-state index contributed by atoms with van der Waals surface area (Å²) >= 11 is 0. The largest absolute Gasteiger partial charge is 0.351 e. The molecular formula is C22H27FN2O3S. The van der Waals surface area contributed by atoms with Crippen molar-refractivity contribution in [2.45, 2.75) is 51.0 Å². The highest BCUT2D eigenvalue weighted by Gasteiger charge is 2.41. The summed E-state index contributed by atoms with van der Waals surface area (Å²) in [6.45, 7) is 1.72. The van der Waals surface area contributed by atoms with Crippen LogP contribution in [0.3, 0.4) is 0 Å². The number of benzene rings is 2. The Balaban J connectivity index is 1.81. The molecule has 0 aromatic heterocycles. The van der Waals surface area contributed by atoms with E-state index in [9.17, 15) is 17.6 Å². The van der Waals surface area contributed by atoms with Crippen molar-refractivity contribution in [2.75, 3.05) is 10.5 Å². The van der Waals surface area contributed by atoms with Crippen molar-refractivity contribution in [3.8, 4) is 0 Å². The summed E-state index contributed by atoms with van der Waals surface area (Å²) < 4.78 is 40.0. The first-order valence-corrected chi connectivity index (χ1v) is 11.6. The Morgan fingerprint density at radius 2 is 1.69 bits per heavy atom. The first-order chi connectivity index (χ1) is 13.9. The molecule has 1 saturated carbocycles. The summed E-state index contributed by atoms with van der Waals surface area (Å²) in [4.78, 5) is 13.2. The van der Waals surface area contributed by atoms with Crippen LogP contribution in [-0.2, 0) is 26.8 Å². The van der Waals surface area contributed by atoms with E-state index in [2.05, 4.69) is 10.0 Å². The fraction of sp³-hybridized carbons (Fsp3) is 0.409. The molecule has 2 aromatic rings. The molecule has 156 valence electrons. The van der Waals surface area contributed by atoms with E-state index in [1.165, 1.54) is 6.07 Å². The third-order valence-electron chi connectivity index (χ3n) is 5.63. The van der Waals surface area contributed by atoms with Gasteiger partial charge in [-0.25, -0.2) is 12.8 Å². The van der Waals surface area contributed by atoms with E-state index in [-0.39, 0.29) is 24.0 Å². The monoisotopic (exact) mass is 418 g/mol. The zero-order valence-corrected chi connectivity index (χ0v) is 17.4. The van der Waals surface area contributed by atoms with Gasteiger partial charge in [0.2, 0.25) is 15.9 Å². The van der Waals surface area contributed by atoms with Gasteiger partial charge < -0.3 is 5.32 Å². The smallest absolute Gasteiger partial charge is 0.232 e. The Morgan fingerprint density at radius 1 is 1.03 bits per heavy atom. The quantitative estimate of drug-likeness (QED) is 0.711. The molecule has 0 heterocycles. The molecule has 1 aliphatic rings. The molecule has 0 saturated heterocycles. The van der Waals surface area contributed by atoms with Gasteiger partial charge in [0, 0.05) is 17.8 Å². The van der Waals surface area contributed by atoms with Crippen LogP contribution in [0.25, 0.3) is 0 Å². The van der Waals surface area contributed by atoms with Crippen LogP contribution in [-0.4, -0.2) is 20.1 Å². The van der Waals surface area contributed by atoms with Crippen LogP contribution < -0.4 is 10.0 Å². The van der Waals surface area contributed by atoms with Gasteiger partial charge in [-0.2, -0.15) is 0 Å². The van der Waals surface area contributed by atoms with E-state index >= 15 is 0 Å². The number of sulfonamides is 1. The fourth-order valence-corrected chi connectivity index (χ4v) is 4.54. The molecular weight excluding hydrogens is 391 g/mol. The molecule has 1 aliphatic carbocycles. The lowest BCUT2D eigenvalue weighted by molar-refractivity contribution is -0.128. The molecule has 29 heavy (non-hydrogen) atoms. The maximum absolute atomic E-state index is 13.9. The van der Waals surface area contributed by atoms with Crippen molar-refractivity contribution in [3.63, 3.8) is 0 Å². The van der Waals surface area contributed by atoms with Crippen molar-refractivity contribution < 1.29 is 17.6 Å². The predicted molar refractivity (Wildman–Crippen MR) is 113 cm³/mol. The van der Waals surface area contributed by atoms with Crippen LogP contribution in [0.1, 0.15) is 50.2 Å². The summed E-state index contributed by atoms with van der Waals surface area (Å²) in [5, 5.41) is 2.92. The zero-order chi connectivity index (χ0) is 20.9. The highest BCUT2D eigenvalue weighted by molar-refractivity contribution is 7.92. The second-order valence-electron chi connectivity index (χ2n) is 7.50. The lowest BCUT2D eigenvalue weighted by Gasteiger charge is -2.36. The minimum absolute atomic E-state index is 0.00284. The molecule has 1 amide bonds. The Kier molecular flexibility index (Phi) is 6.57. The van der Waals surface area contributed by atoms with E-state index < -0.39 is 15.4 Å². The van der Waals surface area contributed by atoms with Crippen molar-refractivity contribution >= 4 is 21.6 Å². The lowest BCUT2D eigenvalue weighted by atomic mass is 9.68. The number of nitrogens with one attached hydrogen (secondary N) is 2. The first-order valence-electron chi connectivity index (χ1n) is 9.99. The minimum atomic E-state index is -3.35. The van der Waals surface area contributed by atoms with Gasteiger partial charge in [0.15, 0.2) is 0 Å². The Hall–Kier alpha value is -2.41. The molecule has 0 bridgehead atoms. The van der Waals surface area contributed by atoms with Gasteiger partial charge in [0.05, 0.1) is 11.2 Å². The Bertz CT molecular complexity index is 952. The molecule has 0 atom stereocenters. The number of hydrogen-bond donors (Lipinski definition) is 2. The number of amides is 1. The van der Waals surface area contributed by atoms with Crippen LogP contribution in [0, 0.1) is 5.82 Å². The van der Waals surface area contributed by atoms with Crippen molar-refractivity contribution in [1.82, 2.24) is 5.32 Å². The highest BCUT2D eigenvalue weighted by Crippen LogP contribution is 2.40. The molecule has 0 aliphatic heterocycles. The van der Waals surface area contributed by atoms with Gasteiger partial charge in [0.1, 0.15) is 5.82 Å². The molecule has 5 nitrogen and oxygen atoms in total. The number of anilines is 1. The Morgan fingerprint density at radius 3 is 2.31 bits per heavy atom. The van der Waals surface area contributed by atoms with Crippen LogP contribution in [0.4, 0.5) is 10.1 Å². The van der Waals surface area contributed by atoms with Gasteiger partial charge in [-0.1, -0.05) is 49.6 Å². The molecule has 2 N–H and O–H groups in total. The molecule has 2 aromatic carbocycles. The number of carbonyl (C=O) groups excluding carboxylic acids is 1. The summed E-state index contributed by atoms with van der Waals surface area (Å²) in [6, 6.07) is 13.5. The van der Waals surface area contributed by atoms with Crippen molar-refractivity contribution in [2.24, 2.45) is 0 Å². The first kappa shape index (κ1) is 21.3. The zero-order valence-electron chi connectivity index (χ0n) is 16.6. The van der Waals surface area contributed by atoms with Crippen molar-refractivity contribution in [1.29, 1.82) is 0 Å². The molecule has 0 unspecified atom stereocenters. The van der Waals surface area contributed by atoms with E-state index in [1.54, 1.807) is 37.3 Å². The van der Waals surface area contributed by atoms with Crippen LogP contribution in [0.15, 0.2) is 48.5 Å². The summed E-state index contributed by atoms with van der Waals surface area (Å²) in [7, 11) is -3.35. The molecule has 0 spiro atoms. The molecule has 3 rings (SSSR count). The second kappa shape index (κ2) is 8.95. The number of halogens is 1. The third kappa shape index (κ3) is 4.96. The summed E-state index contributed by atoms with van der Waals surface area (Å²) in [5.74, 6) is -0.447. The Labute approximate surface area is 171 Å². The molecule has 0 radical (unpaired) electrons. The van der Waals surface area contributed by atoms with Crippen LogP contribution in [0.2, 0.25) is 0 Å². The minimum Gasteiger partial charge on any atom is -0.351 e. The highest BCUT2D eigenvalue weighted by atomic mass is 32.2. The SMILES string of the molecule is CCS(=O)(=O)Nc1ccc(C2(C(=O)NCc3ccccc3F)CCCCC2)cc1. The topological polar surface area (TPSA) is 75.3 Å². The number of hydrogen-bond acceptors (Lipinski definition) is 3. The lowest BCUT2D eigenvalue weighted by Crippen LogP contribution is -2.45. The molecule has 1 fully saturated rings. The van der Waals surface area contributed by atoms with Crippen LogP contribution in [0.5, 0.6) is 0 Å².